The molecule has 0 aliphatic heterocycles. The lowest BCUT2D eigenvalue weighted by Gasteiger charge is -2.12. The third kappa shape index (κ3) is 5.88. The molecule has 0 aromatic rings. The van der Waals surface area contributed by atoms with E-state index in [1.165, 1.54) is 10.8 Å². The largest absolute Gasteiger partial charge is 0.440 e. The Kier molecular flexibility index (Phi) is 7.89. The molecule has 0 heterocycles. The van der Waals surface area contributed by atoms with Gasteiger partial charge in [0.2, 0.25) is 0 Å². The van der Waals surface area contributed by atoms with E-state index in [9.17, 15) is 0 Å². The van der Waals surface area contributed by atoms with Crippen molar-refractivity contribution in [3.63, 3.8) is 0 Å². The van der Waals surface area contributed by atoms with Crippen LogP contribution < -0.4 is 0 Å². The van der Waals surface area contributed by atoms with Gasteiger partial charge in [-0.2, -0.15) is 3.82 Å². The molecule has 0 aliphatic rings. The molecular formula is C3H5BBrI2-. The smallest absolute Gasteiger partial charge is 0.00274 e. The van der Waals surface area contributed by atoms with Crippen LogP contribution in [-0.4, -0.2) is 14.4 Å². The highest BCUT2D eigenvalue weighted by Crippen LogP contribution is 2.07. The second-order valence-electron chi connectivity index (χ2n) is 1.12. The Bertz CT molecular complexity index is 43.9. The van der Waals surface area contributed by atoms with Crippen LogP contribution in [0.1, 0.15) is 6.42 Å². The summed E-state index contributed by atoms with van der Waals surface area (Å²) in [4.78, 5) is 0. The summed E-state index contributed by atoms with van der Waals surface area (Å²) in [6.07, 6.45) is 3.32. The second-order valence-corrected chi connectivity index (χ2v) is 4.33. The van der Waals surface area contributed by atoms with Crippen molar-refractivity contribution in [3.05, 3.63) is 0 Å². The lowest BCUT2D eigenvalue weighted by atomic mass is 10.0. The SMILES string of the molecule is Br[B-]C(I)CCI. The van der Waals surface area contributed by atoms with Crippen LogP contribution in [0.25, 0.3) is 0 Å². The predicted octanol–water partition coefficient (Wildman–Crippen LogP) is 2.59. The standard InChI is InChI=1S/C3H5BBrI2/c5-4-3(7)1-2-6/h3H,1-2H2/q-1. The van der Waals surface area contributed by atoms with Crippen LogP contribution >= 0.6 is 60.9 Å². The average molecular weight is 386 g/mol. The number of hydrogen-bond acceptors (Lipinski definition) is 0. The molecule has 0 aromatic heterocycles. The minimum atomic E-state index is 0.703. The van der Waals surface area contributed by atoms with Gasteiger partial charge in [-0.3, -0.25) is 0 Å². The Morgan fingerprint density at radius 3 is 2.43 bits per heavy atom. The van der Waals surface area contributed by atoms with E-state index in [2.05, 4.69) is 60.9 Å². The van der Waals surface area contributed by atoms with Gasteiger partial charge in [0.15, 0.2) is 0 Å². The molecule has 4 heteroatoms. The Hall–Kier alpha value is 2.00. The van der Waals surface area contributed by atoms with Gasteiger partial charge < -0.3 is 15.8 Å². The van der Waals surface area contributed by atoms with Gasteiger partial charge in [0, 0.05) is 0 Å². The molecule has 0 bridgehead atoms. The molecule has 2 radical (unpaired) electrons. The summed E-state index contributed by atoms with van der Waals surface area (Å²) < 4.78 is 1.95. The summed E-state index contributed by atoms with van der Waals surface area (Å²) in [5, 5.41) is 0. The lowest BCUT2D eigenvalue weighted by Crippen LogP contribution is -2.01. The minimum Gasteiger partial charge on any atom is -0.440 e. The van der Waals surface area contributed by atoms with Crippen LogP contribution in [0.3, 0.4) is 0 Å². The van der Waals surface area contributed by atoms with Crippen LogP contribution in [-0.2, 0) is 0 Å². The van der Waals surface area contributed by atoms with Gasteiger partial charge in [-0.05, 0) is 4.43 Å². The van der Waals surface area contributed by atoms with Gasteiger partial charge in [-0.1, -0.05) is 29.0 Å². The predicted molar refractivity (Wildman–Crippen MR) is 56.0 cm³/mol. The molecule has 1 atom stereocenters. The molecule has 0 rings (SSSR count). The molecule has 1 unspecified atom stereocenters. The van der Waals surface area contributed by atoms with Crippen LogP contribution in [0.5, 0.6) is 0 Å². The van der Waals surface area contributed by atoms with Gasteiger partial charge in [0.25, 0.3) is 0 Å². The monoisotopic (exact) mass is 385 g/mol. The Balaban J connectivity index is 2.83. The van der Waals surface area contributed by atoms with E-state index in [0.29, 0.717) is 3.82 Å². The van der Waals surface area contributed by atoms with E-state index in [1.54, 1.807) is 0 Å². The van der Waals surface area contributed by atoms with Crippen LogP contribution in [0.2, 0.25) is 0 Å². The van der Waals surface area contributed by atoms with Gasteiger partial charge in [-0.15, -0.1) is 22.6 Å². The molecular weight excluding hydrogens is 381 g/mol. The maximum Gasteiger partial charge on any atom is -0.00274 e. The van der Waals surface area contributed by atoms with E-state index in [-0.39, 0.29) is 0 Å². The summed E-state index contributed by atoms with van der Waals surface area (Å²) in [6, 6.07) is 0. The molecule has 0 N–H and O–H groups in total. The third-order valence-electron chi connectivity index (χ3n) is 0.522. The van der Waals surface area contributed by atoms with Crippen molar-refractivity contribution in [2.75, 3.05) is 4.43 Å². The van der Waals surface area contributed by atoms with Crippen molar-refractivity contribution in [3.8, 4) is 0 Å². The van der Waals surface area contributed by atoms with Crippen LogP contribution in [0.4, 0.5) is 0 Å². The van der Waals surface area contributed by atoms with E-state index in [4.69, 9.17) is 0 Å². The van der Waals surface area contributed by atoms with Gasteiger partial charge in [-0.25, -0.2) is 6.10 Å². The van der Waals surface area contributed by atoms with Crippen molar-refractivity contribution < 1.29 is 0 Å². The molecule has 0 nitrogen and oxygen atoms in total. The Morgan fingerprint density at radius 2 is 2.29 bits per heavy atom. The maximum atomic E-state index is 3.28. The molecule has 0 fully saturated rings. The zero-order valence-electron chi connectivity index (χ0n) is 3.70. The van der Waals surface area contributed by atoms with Crippen molar-refractivity contribution >= 4 is 67.0 Å². The summed E-state index contributed by atoms with van der Waals surface area (Å²) in [7, 11) is 0. The third-order valence-corrected chi connectivity index (χ3v) is 3.75. The quantitative estimate of drug-likeness (QED) is 0.398. The highest BCUT2D eigenvalue weighted by atomic mass is 127. The molecule has 42 valence electrons. The summed E-state index contributed by atoms with van der Waals surface area (Å²) in [5.41, 5.74) is 0. The molecule has 7 heavy (non-hydrogen) atoms. The van der Waals surface area contributed by atoms with Crippen molar-refractivity contribution in [1.29, 1.82) is 0 Å². The average Bonchev–Trinajstić information content (AvgIpc) is 1.68. The zero-order chi connectivity index (χ0) is 5.70. The minimum absolute atomic E-state index is 0.703. The molecule has 0 saturated heterocycles. The maximum absolute atomic E-state index is 3.28. The van der Waals surface area contributed by atoms with Crippen molar-refractivity contribution in [2.45, 2.75) is 10.2 Å². The second kappa shape index (κ2) is 6.13. The molecule has 0 amide bonds. The fourth-order valence-electron chi connectivity index (χ4n) is 0.167. The highest BCUT2D eigenvalue weighted by Gasteiger charge is 1.84. The summed E-state index contributed by atoms with van der Waals surface area (Å²) in [5.74, 6) is 0. The van der Waals surface area contributed by atoms with Crippen LogP contribution in [0.15, 0.2) is 0 Å². The van der Waals surface area contributed by atoms with Gasteiger partial charge in [0.05, 0.1) is 0 Å². The number of halogens is 3. The highest BCUT2D eigenvalue weighted by molar-refractivity contribution is 14.1. The normalized spacial score (nSPS) is 14.1. The first kappa shape index (κ1) is 9.00. The molecule has 0 aliphatic carbocycles. The molecule has 0 saturated carbocycles. The van der Waals surface area contributed by atoms with Gasteiger partial charge in [0.1, 0.15) is 0 Å². The van der Waals surface area contributed by atoms with E-state index >= 15 is 0 Å². The summed E-state index contributed by atoms with van der Waals surface area (Å²) >= 11 is 8.06. The first-order chi connectivity index (χ1) is 3.31. The fraction of sp³-hybridized carbons (Fsp3) is 1.00. The Morgan fingerprint density at radius 1 is 1.71 bits per heavy atom. The summed E-state index contributed by atoms with van der Waals surface area (Å²) in [6.45, 7) is 0. The number of hydrogen-bond donors (Lipinski definition) is 0. The molecule has 0 aromatic carbocycles. The van der Waals surface area contributed by atoms with Crippen molar-refractivity contribution in [2.24, 2.45) is 0 Å². The first-order valence-electron chi connectivity index (χ1n) is 1.95. The molecule has 0 spiro atoms. The topological polar surface area (TPSA) is 0 Å². The lowest BCUT2D eigenvalue weighted by molar-refractivity contribution is 1.11. The van der Waals surface area contributed by atoms with E-state index in [0.717, 1.165) is 0 Å². The Labute approximate surface area is 80.7 Å². The van der Waals surface area contributed by atoms with Crippen LogP contribution in [0, 0.1) is 0 Å². The fourth-order valence-corrected chi connectivity index (χ4v) is 2.61. The van der Waals surface area contributed by atoms with Crippen molar-refractivity contribution in [1.82, 2.24) is 0 Å². The van der Waals surface area contributed by atoms with E-state index < -0.39 is 0 Å². The number of alkyl halides is 2. The van der Waals surface area contributed by atoms with E-state index in [1.807, 2.05) is 6.10 Å². The van der Waals surface area contributed by atoms with Gasteiger partial charge >= 0.3 is 0 Å². The number of rotatable bonds is 3. The first-order valence-corrected chi connectivity index (χ1v) is 5.63. The zero-order valence-corrected chi connectivity index (χ0v) is 9.60.